The van der Waals surface area contributed by atoms with E-state index in [1.165, 1.54) is 18.2 Å². The van der Waals surface area contributed by atoms with Crippen molar-refractivity contribution < 1.29 is 17.6 Å². The highest BCUT2D eigenvalue weighted by Gasteiger charge is 2.35. The van der Waals surface area contributed by atoms with Crippen LogP contribution in [0.15, 0.2) is 54.7 Å². The summed E-state index contributed by atoms with van der Waals surface area (Å²) in [5, 5.41) is 5.78. The quantitative estimate of drug-likeness (QED) is 0.562. The molecule has 0 fully saturated rings. The second-order valence-electron chi connectivity index (χ2n) is 5.22. The monoisotopic (exact) mass is 382 g/mol. The van der Waals surface area contributed by atoms with Crippen LogP contribution >= 0.6 is 11.6 Å². The largest absolute Gasteiger partial charge is 0.421 e. The lowest BCUT2D eigenvalue weighted by Crippen LogP contribution is -2.12. The van der Waals surface area contributed by atoms with E-state index in [0.29, 0.717) is 16.9 Å². The van der Waals surface area contributed by atoms with E-state index in [2.05, 4.69) is 20.6 Å². The van der Waals surface area contributed by atoms with Crippen molar-refractivity contribution in [2.45, 2.75) is 6.18 Å². The molecule has 2 aromatic carbocycles. The van der Waals surface area contributed by atoms with Gasteiger partial charge in [0, 0.05) is 22.6 Å². The van der Waals surface area contributed by atoms with Crippen molar-refractivity contribution in [1.82, 2.24) is 9.97 Å². The maximum atomic E-state index is 13.3. The lowest BCUT2D eigenvalue weighted by molar-refractivity contribution is -0.137. The van der Waals surface area contributed by atoms with Crippen LogP contribution < -0.4 is 10.6 Å². The van der Waals surface area contributed by atoms with Crippen LogP contribution in [-0.2, 0) is 6.18 Å². The molecule has 2 N–H and O–H groups in total. The van der Waals surface area contributed by atoms with Gasteiger partial charge < -0.3 is 10.6 Å². The fourth-order valence-corrected chi connectivity index (χ4v) is 2.24. The molecule has 4 nitrogen and oxygen atoms in total. The Morgan fingerprint density at radius 1 is 0.923 bits per heavy atom. The molecule has 0 unspecified atom stereocenters. The first-order valence-corrected chi connectivity index (χ1v) is 7.68. The molecule has 0 aliphatic heterocycles. The molecular weight excluding hydrogens is 372 g/mol. The minimum absolute atomic E-state index is 0.0563. The van der Waals surface area contributed by atoms with Gasteiger partial charge in [-0.2, -0.15) is 18.2 Å². The third-order valence-electron chi connectivity index (χ3n) is 3.28. The predicted octanol–water partition coefficient (Wildman–Crippen LogP) is 5.78. The Labute approximate surface area is 150 Å². The molecule has 0 bridgehead atoms. The predicted molar refractivity (Wildman–Crippen MR) is 91.5 cm³/mol. The number of anilines is 4. The van der Waals surface area contributed by atoms with Gasteiger partial charge in [-0.1, -0.05) is 17.7 Å². The summed E-state index contributed by atoms with van der Waals surface area (Å²) in [5.74, 6) is -1.13. The lowest BCUT2D eigenvalue weighted by atomic mass is 10.2. The second-order valence-corrected chi connectivity index (χ2v) is 5.66. The highest BCUT2D eigenvalue weighted by atomic mass is 35.5. The van der Waals surface area contributed by atoms with Gasteiger partial charge in [-0.05, 0) is 42.5 Å². The van der Waals surface area contributed by atoms with Gasteiger partial charge in [0.25, 0.3) is 0 Å². The van der Waals surface area contributed by atoms with Gasteiger partial charge >= 0.3 is 6.18 Å². The molecule has 3 rings (SSSR count). The molecule has 0 radical (unpaired) electrons. The molecular formula is C17H11ClF4N4. The number of rotatable bonds is 4. The summed E-state index contributed by atoms with van der Waals surface area (Å²) in [4.78, 5) is 7.57. The lowest BCUT2D eigenvalue weighted by Gasteiger charge is -2.15. The van der Waals surface area contributed by atoms with Crippen LogP contribution in [0.5, 0.6) is 0 Å². The molecule has 1 heterocycles. The van der Waals surface area contributed by atoms with E-state index in [0.717, 1.165) is 6.07 Å². The van der Waals surface area contributed by atoms with Crippen LogP contribution in [0.2, 0.25) is 5.02 Å². The second kappa shape index (κ2) is 7.17. The van der Waals surface area contributed by atoms with Crippen LogP contribution in [0.1, 0.15) is 5.56 Å². The average Bonchev–Trinajstić information content (AvgIpc) is 2.56. The number of alkyl halides is 3. The van der Waals surface area contributed by atoms with Gasteiger partial charge in [-0.15, -0.1) is 0 Å². The van der Waals surface area contributed by atoms with Crippen LogP contribution in [0.3, 0.4) is 0 Å². The Balaban J connectivity index is 1.94. The van der Waals surface area contributed by atoms with E-state index in [1.54, 1.807) is 24.3 Å². The van der Waals surface area contributed by atoms with Gasteiger partial charge in [-0.3, -0.25) is 0 Å². The Morgan fingerprint density at radius 3 is 2.31 bits per heavy atom. The number of hydrogen-bond donors (Lipinski definition) is 2. The minimum atomic E-state index is -4.67. The van der Waals surface area contributed by atoms with Crippen molar-refractivity contribution >= 4 is 34.7 Å². The zero-order chi connectivity index (χ0) is 18.7. The van der Waals surface area contributed by atoms with Gasteiger partial charge in [0.05, 0.1) is 0 Å². The topological polar surface area (TPSA) is 49.8 Å². The van der Waals surface area contributed by atoms with E-state index in [4.69, 9.17) is 11.6 Å². The summed E-state index contributed by atoms with van der Waals surface area (Å²) in [7, 11) is 0. The van der Waals surface area contributed by atoms with Crippen LogP contribution in [-0.4, -0.2) is 9.97 Å². The number of hydrogen-bond acceptors (Lipinski definition) is 4. The van der Waals surface area contributed by atoms with Gasteiger partial charge in [0.1, 0.15) is 17.2 Å². The molecule has 1 aromatic heterocycles. The summed E-state index contributed by atoms with van der Waals surface area (Å²) in [6.07, 6.45) is -4.01. The summed E-state index contributed by atoms with van der Waals surface area (Å²) < 4.78 is 52.9. The number of nitrogens with one attached hydrogen (secondary N) is 2. The van der Waals surface area contributed by atoms with Crippen molar-refractivity contribution in [3.63, 3.8) is 0 Å². The molecule has 0 spiro atoms. The van der Waals surface area contributed by atoms with Crippen molar-refractivity contribution in [2.24, 2.45) is 0 Å². The molecule has 9 heteroatoms. The van der Waals surface area contributed by atoms with Crippen molar-refractivity contribution in [1.29, 1.82) is 0 Å². The Bertz CT molecular complexity index is 913. The molecule has 26 heavy (non-hydrogen) atoms. The number of halogens is 5. The third kappa shape index (κ3) is 4.40. The van der Waals surface area contributed by atoms with Crippen LogP contribution in [0.4, 0.5) is 40.7 Å². The van der Waals surface area contributed by atoms with Crippen LogP contribution in [0, 0.1) is 5.82 Å². The van der Waals surface area contributed by atoms with Gasteiger partial charge in [0.2, 0.25) is 5.95 Å². The summed E-state index contributed by atoms with van der Waals surface area (Å²) in [6, 6.07) is 11.5. The highest BCUT2D eigenvalue weighted by molar-refractivity contribution is 6.30. The minimum Gasteiger partial charge on any atom is -0.339 e. The van der Waals surface area contributed by atoms with Crippen molar-refractivity contribution in [3.8, 4) is 0 Å². The van der Waals surface area contributed by atoms with Crippen LogP contribution in [0.25, 0.3) is 0 Å². The van der Waals surface area contributed by atoms with E-state index < -0.39 is 23.4 Å². The molecule has 0 atom stereocenters. The van der Waals surface area contributed by atoms with E-state index in [1.807, 2.05) is 0 Å². The first-order valence-electron chi connectivity index (χ1n) is 7.31. The summed E-state index contributed by atoms with van der Waals surface area (Å²) >= 11 is 5.79. The summed E-state index contributed by atoms with van der Waals surface area (Å²) in [6.45, 7) is 0. The Hall–Kier alpha value is -2.87. The molecule has 3 aromatic rings. The van der Waals surface area contributed by atoms with E-state index in [9.17, 15) is 17.6 Å². The zero-order valence-corrected chi connectivity index (χ0v) is 13.7. The first kappa shape index (κ1) is 17.9. The Morgan fingerprint density at radius 2 is 1.65 bits per heavy atom. The standard InChI is InChI=1S/C17H11ClF4N4/c18-10-4-6-12(7-5-10)25-16-23-9-14(17(20,21)22)15(26-16)24-13-3-1-2-11(19)8-13/h1-9H,(H2,23,24,25,26). The highest BCUT2D eigenvalue weighted by Crippen LogP contribution is 2.35. The molecule has 0 aliphatic rings. The van der Waals surface area contributed by atoms with Gasteiger partial charge in [-0.25, -0.2) is 9.37 Å². The number of benzene rings is 2. The maximum absolute atomic E-state index is 13.3. The molecule has 0 aliphatic carbocycles. The van der Waals surface area contributed by atoms with E-state index in [-0.39, 0.29) is 11.6 Å². The fourth-order valence-electron chi connectivity index (χ4n) is 2.11. The van der Waals surface area contributed by atoms with Gasteiger partial charge in [0.15, 0.2) is 0 Å². The SMILES string of the molecule is Fc1cccc(Nc2nc(Nc3ccc(Cl)cc3)ncc2C(F)(F)F)c1. The average molecular weight is 383 g/mol. The fraction of sp³-hybridized carbons (Fsp3) is 0.0588. The molecule has 0 amide bonds. The van der Waals surface area contributed by atoms with E-state index >= 15 is 0 Å². The molecule has 0 saturated carbocycles. The smallest absolute Gasteiger partial charge is 0.339 e. The number of aromatic nitrogens is 2. The zero-order valence-electron chi connectivity index (χ0n) is 13.0. The maximum Gasteiger partial charge on any atom is 0.421 e. The molecule has 0 saturated heterocycles. The molecule has 134 valence electrons. The third-order valence-corrected chi connectivity index (χ3v) is 3.53. The summed E-state index contributed by atoms with van der Waals surface area (Å²) in [5.41, 5.74) is -0.388. The van der Waals surface area contributed by atoms with Crippen molar-refractivity contribution in [2.75, 3.05) is 10.6 Å². The Kier molecular flexibility index (Phi) is 4.94. The number of nitrogens with zero attached hydrogens (tertiary/aromatic N) is 2. The first-order chi connectivity index (χ1) is 12.3. The van der Waals surface area contributed by atoms with Crippen molar-refractivity contribution in [3.05, 3.63) is 71.1 Å². The normalized spacial score (nSPS) is 11.3.